The van der Waals surface area contributed by atoms with Gasteiger partial charge in [-0.15, -0.1) is 0 Å². The van der Waals surface area contributed by atoms with Crippen LogP contribution >= 0.6 is 0 Å². The Balaban J connectivity index is 2.38. The molecule has 0 aliphatic carbocycles. The molecule has 0 heterocycles. The normalized spacial score (nSPS) is 11.1. The van der Waals surface area contributed by atoms with E-state index in [1.54, 1.807) is 6.92 Å². The van der Waals surface area contributed by atoms with Crippen LogP contribution < -0.4 is 4.72 Å². The average molecular weight is 309 g/mol. The SMILES string of the molecule is Cc1cc(F)cc(NS(=O)(=O)c2cccc(C(=O)O)c2)c1. The highest BCUT2D eigenvalue weighted by atomic mass is 32.2. The first-order valence-corrected chi connectivity index (χ1v) is 7.39. The van der Waals surface area contributed by atoms with E-state index in [-0.39, 0.29) is 16.1 Å². The fourth-order valence-electron chi connectivity index (χ4n) is 1.81. The summed E-state index contributed by atoms with van der Waals surface area (Å²) in [6.45, 7) is 1.63. The zero-order valence-electron chi connectivity index (χ0n) is 11.0. The van der Waals surface area contributed by atoms with E-state index < -0.39 is 21.8 Å². The highest BCUT2D eigenvalue weighted by Crippen LogP contribution is 2.19. The highest BCUT2D eigenvalue weighted by Gasteiger charge is 2.16. The van der Waals surface area contributed by atoms with Crippen molar-refractivity contribution in [3.8, 4) is 0 Å². The van der Waals surface area contributed by atoms with Crippen molar-refractivity contribution in [2.24, 2.45) is 0 Å². The van der Waals surface area contributed by atoms with Gasteiger partial charge in [-0.3, -0.25) is 4.72 Å². The van der Waals surface area contributed by atoms with Crippen LogP contribution in [0, 0.1) is 12.7 Å². The molecular weight excluding hydrogens is 297 g/mol. The van der Waals surface area contributed by atoms with E-state index in [9.17, 15) is 17.6 Å². The van der Waals surface area contributed by atoms with E-state index >= 15 is 0 Å². The van der Waals surface area contributed by atoms with Gasteiger partial charge in [-0.25, -0.2) is 17.6 Å². The number of anilines is 1. The van der Waals surface area contributed by atoms with Gasteiger partial charge in [0.2, 0.25) is 0 Å². The molecule has 110 valence electrons. The topological polar surface area (TPSA) is 83.5 Å². The van der Waals surface area contributed by atoms with Gasteiger partial charge in [0.05, 0.1) is 16.1 Å². The predicted octanol–water partition coefficient (Wildman–Crippen LogP) is 2.63. The van der Waals surface area contributed by atoms with Gasteiger partial charge in [0.1, 0.15) is 5.82 Å². The monoisotopic (exact) mass is 309 g/mol. The number of carboxylic acid groups (broad SMARTS) is 1. The molecule has 2 aromatic rings. The number of hydrogen-bond acceptors (Lipinski definition) is 3. The second-order valence-electron chi connectivity index (χ2n) is 4.46. The van der Waals surface area contributed by atoms with Crippen molar-refractivity contribution in [3.05, 3.63) is 59.4 Å². The molecule has 7 heteroatoms. The number of hydrogen-bond donors (Lipinski definition) is 2. The third-order valence-electron chi connectivity index (χ3n) is 2.69. The van der Waals surface area contributed by atoms with Crippen molar-refractivity contribution in [2.45, 2.75) is 11.8 Å². The molecule has 0 radical (unpaired) electrons. The maximum Gasteiger partial charge on any atom is 0.335 e. The average Bonchev–Trinajstić information content (AvgIpc) is 2.37. The largest absolute Gasteiger partial charge is 0.478 e. The molecule has 0 saturated carbocycles. The standard InChI is InChI=1S/C14H12FNO4S/c1-9-5-11(15)8-12(6-9)16-21(19,20)13-4-2-3-10(7-13)14(17)18/h2-8,16H,1H3,(H,17,18). The second kappa shape index (κ2) is 5.53. The minimum Gasteiger partial charge on any atom is -0.478 e. The van der Waals surface area contributed by atoms with E-state index in [1.807, 2.05) is 0 Å². The Morgan fingerprint density at radius 1 is 1.19 bits per heavy atom. The van der Waals surface area contributed by atoms with Crippen LogP contribution in [0.4, 0.5) is 10.1 Å². The molecule has 21 heavy (non-hydrogen) atoms. The summed E-state index contributed by atoms with van der Waals surface area (Å²) >= 11 is 0. The zero-order valence-corrected chi connectivity index (χ0v) is 11.8. The molecule has 0 atom stereocenters. The number of carbonyl (C=O) groups is 1. The molecule has 2 rings (SSSR count). The van der Waals surface area contributed by atoms with Crippen LogP contribution in [-0.2, 0) is 10.0 Å². The lowest BCUT2D eigenvalue weighted by molar-refractivity contribution is 0.0696. The van der Waals surface area contributed by atoms with Crippen molar-refractivity contribution < 1.29 is 22.7 Å². The minimum atomic E-state index is -3.98. The van der Waals surface area contributed by atoms with Gasteiger partial charge in [-0.05, 0) is 48.9 Å². The lowest BCUT2D eigenvalue weighted by Gasteiger charge is -2.09. The van der Waals surface area contributed by atoms with Gasteiger partial charge in [-0.2, -0.15) is 0 Å². The molecule has 2 aromatic carbocycles. The highest BCUT2D eigenvalue weighted by molar-refractivity contribution is 7.92. The molecular formula is C14H12FNO4S. The first-order valence-electron chi connectivity index (χ1n) is 5.91. The molecule has 0 saturated heterocycles. The maximum absolute atomic E-state index is 13.3. The number of aromatic carboxylic acids is 1. The lowest BCUT2D eigenvalue weighted by Crippen LogP contribution is -2.14. The Kier molecular flexibility index (Phi) is 3.95. The number of nitrogens with one attached hydrogen (secondary N) is 1. The summed E-state index contributed by atoms with van der Waals surface area (Å²) < 4.78 is 39.8. The number of rotatable bonds is 4. The van der Waals surface area contributed by atoms with Crippen LogP contribution in [-0.4, -0.2) is 19.5 Å². The molecule has 0 unspecified atom stereocenters. The summed E-state index contributed by atoms with van der Waals surface area (Å²) in [5, 5.41) is 8.87. The summed E-state index contributed by atoms with van der Waals surface area (Å²) in [4.78, 5) is 10.7. The number of aryl methyl sites for hydroxylation is 1. The molecule has 0 spiro atoms. The Bertz CT molecular complexity index is 782. The summed E-state index contributed by atoms with van der Waals surface area (Å²) in [6.07, 6.45) is 0. The predicted molar refractivity (Wildman–Crippen MR) is 75.3 cm³/mol. The van der Waals surface area contributed by atoms with Gasteiger partial charge in [0.25, 0.3) is 10.0 Å². The molecule has 0 aliphatic heterocycles. The van der Waals surface area contributed by atoms with Crippen molar-refractivity contribution >= 4 is 21.7 Å². The van der Waals surface area contributed by atoms with Gasteiger partial charge >= 0.3 is 5.97 Å². The van der Waals surface area contributed by atoms with Gasteiger partial charge in [0, 0.05) is 0 Å². The third-order valence-corrected chi connectivity index (χ3v) is 4.06. The van der Waals surface area contributed by atoms with Crippen molar-refractivity contribution in [1.29, 1.82) is 0 Å². The zero-order chi connectivity index (χ0) is 15.6. The van der Waals surface area contributed by atoms with Crippen LogP contribution in [0.25, 0.3) is 0 Å². The van der Waals surface area contributed by atoms with Crippen LogP contribution in [0.3, 0.4) is 0 Å². The van der Waals surface area contributed by atoms with Crippen LogP contribution in [0.1, 0.15) is 15.9 Å². The van der Waals surface area contributed by atoms with E-state index in [0.29, 0.717) is 5.56 Å². The van der Waals surface area contributed by atoms with Crippen molar-refractivity contribution in [3.63, 3.8) is 0 Å². The molecule has 5 nitrogen and oxygen atoms in total. The van der Waals surface area contributed by atoms with Crippen LogP contribution in [0.15, 0.2) is 47.4 Å². The molecule has 0 aromatic heterocycles. The van der Waals surface area contributed by atoms with Crippen molar-refractivity contribution in [1.82, 2.24) is 0 Å². The first kappa shape index (κ1) is 15.0. The third kappa shape index (κ3) is 3.57. The van der Waals surface area contributed by atoms with Crippen LogP contribution in [0.5, 0.6) is 0 Å². The Morgan fingerprint density at radius 2 is 1.90 bits per heavy atom. The molecule has 2 N–H and O–H groups in total. The Morgan fingerprint density at radius 3 is 2.52 bits per heavy atom. The van der Waals surface area contributed by atoms with E-state index in [0.717, 1.165) is 12.1 Å². The minimum absolute atomic E-state index is 0.0771. The number of benzene rings is 2. The lowest BCUT2D eigenvalue weighted by atomic mass is 10.2. The maximum atomic E-state index is 13.3. The fraction of sp³-hybridized carbons (Fsp3) is 0.0714. The summed E-state index contributed by atoms with van der Waals surface area (Å²) in [5.41, 5.74) is 0.494. The Hall–Kier alpha value is -2.41. The molecule has 0 bridgehead atoms. The van der Waals surface area contributed by atoms with E-state index in [1.165, 1.54) is 30.3 Å². The molecule has 0 aliphatic rings. The summed E-state index contributed by atoms with van der Waals surface area (Å²) in [6, 6.07) is 8.70. The molecule has 0 amide bonds. The first-order chi connectivity index (χ1) is 9.78. The van der Waals surface area contributed by atoms with E-state index in [2.05, 4.69) is 4.72 Å². The number of carboxylic acids is 1. The summed E-state index contributed by atoms with van der Waals surface area (Å²) in [7, 11) is -3.98. The smallest absolute Gasteiger partial charge is 0.335 e. The fourth-order valence-corrected chi connectivity index (χ4v) is 2.89. The quantitative estimate of drug-likeness (QED) is 0.909. The number of halogens is 1. The van der Waals surface area contributed by atoms with Gasteiger partial charge < -0.3 is 5.11 Å². The second-order valence-corrected chi connectivity index (χ2v) is 6.14. The van der Waals surface area contributed by atoms with Gasteiger partial charge in [0.15, 0.2) is 0 Å². The van der Waals surface area contributed by atoms with E-state index in [4.69, 9.17) is 5.11 Å². The molecule has 0 fully saturated rings. The summed E-state index contributed by atoms with van der Waals surface area (Å²) in [5.74, 6) is -1.79. The number of sulfonamides is 1. The van der Waals surface area contributed by atoms with Crippen LogP contribution in [0.2, 0.25) is 0 Å². The van der Waals surface area contributed by atoms with Crippen molar-refractivity contribution in [2.75, 3.05) is 4.72 Å². The van der Waals surface area contributed by atoms with Gasteiger partial charge in [-0.1, -0.05) is 6.07 Å². The Labute approximate surface area is 121 Å².